The van der Waals surface area contributed by atoms with E-state index in [4.69, 9.17) is 20.8 Å². The summed E-state index contributed by atoms with van der Waals surface area (Å²) >= 11 is 0. The highest BCUT2D eigenvalue weighted by Crippen LogP contribution is 2.26. The molecule has 0 amide bonds. The maximum absolute atomic E-state index is 9.03. The van der Waals surface area contributed by atoms with E-state index in [0.29, 0.717) is 11.3 Å². The predicted octanol–water partition coefficient (Wildman–Crippen LogP) is 2.08. The molecule has 0 aliphatic heterocycles. The lowest BCUT2D eigenvalue weighted by Crippen LogP contribution is -2.17. The Morgan fingerprint density at radius 3 is 2.52 bits per heavy atom. The van der Waals surface area contributed by atoms with Crippen molar-refractivity contribution in [2.24, 2.45) is 10.9 Å². The van der Waals surface area contributed by atoms with E-state index in [2.05, 4.69) is 10.1 Å². The Hall–Kier alpha value is -2.60. The van der Waals surface area contributed by atoms with E-state index in [0.717, 1.165) is 16.8 Å². The summed E-state index contributed by atoms with van der Waals surface area (Å²) in [5.41, 5.74) is 8.50. The van der Waals surface area contributed by atoms with Gasteiger partial charge in [0.1, 0.15) is 5.75 Å². The van der Waals surface area contributed by atoms with Crippen LogP contribution in [0.2, 0.25) is 0 Å². The fourth-order valence-electron chi connectivity index (χ4n) is 2.01. The normalized spacial score (nSPS) is 11.5. The van der Waals surface area contributed by atoms with Gasteiger partial charge in [0, 0.05) is 5.69 Å². The van der Waals surface area contributed by atoms with E-state index in [1.54, 1.807) is 24.3 Å². The van der Waals surface area contributed by atoms with Gasteiger partial charge in [-0.1, -0.05) is 17.3 Å². The van der Waals surface area contributed by atoms with Crippen LogP contribution in [0.5, 0.6) is 11.6 Å². The smallest absolute Gasteiger partial charge is 0.230 e. The van der Waals surface area contributed by atoms with Crippen LogP contribution in [-0.2, 0) is 6.61 Å². The second-order valence-electron chi connectivity index (χ2n) is 4.65. The number of aryl methyl sites for hydroxylation is 2. The van der Waals surface area contributed by atoms with Crippen LogP contribution < -0.4 is 10.5 Å². The Morgan fingerprint density at radius 1 is 1.29 bits per heavy atom. The van der Waals surface area contributed by atoms with Crippen LogP contribution in [0, 0.1) is 13.8 Å². The molecule has 1 aromatic carbocycles. The summed E-state index contributed by atoms with van der Waals surface area (Å²) in [5, 5.41) is 20.9. The van der Waals surface area contributed by atoms with Crippen LogP contribution in [0.1, 0.15) is 22.4 Å². The van der Waals surface area contributed by atoms with Crippen molar-refractivity contribution >= 4 is 5.84 Å². The number of oxime groups is 1. The molecule has 2 aromatic rings. The number of nitrogens with zero attached hydrogens (tertiary/aromatic N) is 2. The number of benzene rings is 1. The zero-order valence-electron chi connectivity index (χ0n) is 11.9. The highest BCUT2D eigenvalue weighted by atomic mass is 16.5. The lowest BCUT2D eigenvalue weighted by Gasteiger charge is -2.13. The van der Waals surface area contributed by atoms with Crippen molar-refractivity contribution in [3.05, 3.63) is 52.7 Å². The van der Waals surface area contributed by atoms with Gasteiger partial charge >= 0.3 is 0 Å². The van der Waals surface area contributed by atoms with E-state index < -0.39 is 0 Å². The van der Waals surface area contributed by atoms with Gasteiger partial charge in [-0.15, -0.1) is 0 Å². The third-order valence-electron chi connectivity index (χ3n) is 3.00. The van der Waals surface area contributed by atoms with E-state index in [9.17, 15) is 0 Å². The summed E-state index contributed by atoms with van der Waals surface area (Å²) in [4.78, 5) is 4.30. The first-order valence-electron chi connectivity index (χ1n) is 6.39. The number of rotatable bonds is 4. The molecule has 0 aliphatic carbocycles. The summed E-state index contributed by atoms with van der Waals surface area (Å²) in [5.74, 6) is 0.776. The summed E-state index contributed by atoms with van der Waals surface area (Å²) < 4.78 is 5.73. The largest absolute Gasteiger partial charge is 0.438 e. The molecule has 0 radical (unpaired) electrons. The molecule has 0 fully saturated rings. The van der Waals surface area contributed by atoms with Gasteiger partial charge < -0.3 is 20.8 Å². The minimum Gasteiger partial charge on any atom is -0.438 e. The molecule has 21 heavy (non-hydrogen) atoms. The van der Waals surface area contributed by atoms with E-state index in [1.165, 1.54) is 0 Å². The van der Waals surface area contributed by atoms with Gasteiger partial charge in [-0.3, -0.25) is 0 Å². The summed E-state index contributed by atoms with van der Waals surface area (Å²) in [6.07, 6.45) is 0. The number of amidine groups is 1. The number of aliphatic hydroxyl groups excluding tert-OH is 1. The average Bonchev–Trinajstić information content (AvgIpc) is 2.47. The Bertz CT molecular complexity index is 667. The van der Waals surface area contributed by atoms with Gasteiger partial charge in [-0.2, -0.15) is 0 Å². The molecule has 1 heterocycles. The van der Waals surface area contributed by atoms with Crippen LogP contribution >= 0.6 is 0 Å². The number of hydrogen-bond acceptors (Lipinski definition) is 5. The molecule has 110 valence electrons. The fraction of sp³-hybridized carbons (Fsp3) is 0.200. The van der Waals surface area contributed by atoms with Crippen LogP contribution in [0.15, 0.2) is 35.5 Å². The Morgan fingerprint density at radius 2 is 1.95 bits per heavy atom. The number of aliphatic hydroxyl groups is 1. The van der Waals surface area contributed by atoms with Crippen LogP contribution in [0.4, 0.5) is 0 Å². The summed E-state index contributed by atoms with van der Waals surface area (Å²) in [6.45, 7) is 3.64. The molecular weight excluding hydrogens is 270 g/mol. The Kier molecular flexibility index (Phi) is 4.39. The first-order valence-corrected chi connectivity index (χ1v) is 6.39. The lowest BCUT2D eigenvalue weighted by atomic mass is 10.1. The third kappa shape index (κ3) is 3.29. The van der Waals surface area contributed by atoms with Crippen molar-refractivity contribution in [1.29, 1.82) is 0 Å². The molecule has 6 nitrogen and oxygen atoms in total. The Balaban J connectivity index is 2.42. The standard InChI is InChI=1S/C15H17N3O3/c1-9-7-10(2)17-15(13(9)14(16)18-20)21-12-5-3-11(8-19)4-6-12/h3-7,19-20H,8H2,1-2H3,(H2,16,18). The van der Waals surface area contributed by atoms with Crippen molar-refractivity contribution in [3.8, 4) is 11.6 Å². The maximum Gasteiger partial charge on any atom is 0.230 e. The molecule has 1 aromatic heterocycles. The Labute approximate surface area is 122 Å². The van der Waals surface area contributed by atoms with Crippen molar-refractivity contribution in [3.63, 3.8) is 0 Å². The summed E-state index contributed by atoms with van der Waals surface area (Å²) in [7, 11) is 0. The molecular formula is C15H17N3O3. The zero-order chi connectivity index (χ0) is 15.4. The highest BCUT2D eigenvalue weighted by molar-refractivity contribution is 6.00. The molecule has 0 unspecified atom stereocenters. The lowest BCUT2D eigenvalue weighted by molar-refractivity contribution is 0.281. The van der Waals surface area contributed by atoms with Crippen LogP contribution in [-0.4, -0.2) is 21.1 Å². The topological polar surface area (TPSA) is 101 Å². The quantitative estimate of drug-likeness (QED) is 0.346. The van der Waals surface area contributed by atoms with Crippen molar-refractivity contribution in [2.75, 3.05) is 0 Å². The van der Waals surface area contributed by atoms with Crippen LogP contribution in [0.3, 0.4) is 0 Å². The molecule has 0 spiro atoms. The molecule has 0 bridgehead atoms. The SMILES string of the molecule is Cc1cc(C)c(C(N)=NO)c(Oc2ccc(CO)cc2)n1. The van der Waals surface area contributed by atoms with Gasteiger partial charge in [0.05, 0.1) is 12.2 Å². The second kappa shape index (κ2) is 6.23. The number of aromatic nitrogens is 1. The number of hydrogen-bond donors (Lipinski definition) is 3. The molecule has 0 saturated heterocycles. The average molecular weight is 287 g/mol. The predicted molar refractivity (Wildman–Crippen MR) is 78.7 cm³/mol. The number of nitrogens with two attached hydrogens (primary N) is 1. The monoisotopic (exact) mass is 287 g/mol. The van der Waals surface area contributed by atoms with Gasteiger partial charge in [0.2, 0.25) is 5.88 Å². The molecule has 6 heteroatoms. The first-order chi connectivity index (χ1) is 10.0. The molecule has 2 rings (SSSR count). The molecule has 0 saturated carbocycles. The fourth-order valence-corrected chi connectivity index (χ4v) is 2.01. The van der Waals surface area contributed by atoms with Gasteiger partial charge in [-0.05, 0) is 43.2 Å². The van der Waals surface area contributed by atoms with Crippen molar-refractivity contribution < 1.29 is 15.1 Å². The number of ether oxygens (including phenoxy) is 1. The van der Waals surface area contributed by atoms with Gasteiger partial charge in [0.15, 0.2) is 5.84 Å². The van der Waals surface area contributed by atoms with Crippen molar-refractivity contribution in [2.45, 2.75) is 20.5 Å². The zero-order valence-corrected chi connectivity index (χ0v) is 11.9. The summed E-state index contributed by atoms with van der Waals surface area (Å²) in [6, 6.07) is 8.78. The van der Waals surface area contributed by atoms with Gasteiger partial charge in [0.25, 0.3) is 0 Å². The number of pyridine rings is 1. The minimum absolute atomic E-state index is 0.0303. The highest BCUT2D eigenvalue weighted by Gasteiger charge is 2.15. The maximum atomic E-state index is 9.03. The third-order valence-corrected chi connectivity index (χ3v) is 3.00. The van der Waals surface area contributed by atoms with E-state index in [-0.39, 0.29) is 18.3 Å². The van der Waals surface area contributed by atoms with Crippen LogP contribution in [0.25, 0.3) is 0 Å². The molecule has 4 N–H and O–H groups in total. The van der Waals surface area contributed by atoms with Gasteiger partial charge in [-0.25, -0.2) is 4.98 Å². The van der Waals surface area contributed by atoms with Crippen molar-refractivity contribution in [1.82, 2.24) is 4.98 Å². The first kappa shape index (κ1) is 14.8. The second-order valence-corrected chi connectivity index (χ2v) is 4.65. The minimum atomic E-state index is -0.0537. The van der Waals surface area contributed by atoms with E-state index in [1.807, 2.05) is 19.9 Å². The molecule has 0 aliphatic rings. The molecule has 0 atom stereocenters. The van der Waals surface area contributed by atoms with E-state index >= 15 is 0 Å².